The van der Waals surface area contributed by atoms with Gasteiger partial charge in [-0.3, -0.25) is 9.10 Å². The lowest BCUT2D eigenvalue weighted by atomic mass is 10.2. The number of carbonyl (C=O) groups is 1. The number of ether oxygens (including phenoxy) is 2. The van der Waals surface area contributed by atoms with Crippen LogP contribution in [0.25, 0.3) is 0 Å². The number of methoxy groups -OCH3 is 2. The fourth-order valence-corrected chi connectivity index (χ4v) is 3.76. The molecule has 1 N–H and O–H groups in total. The van der Waals surface area contributed by atoms with E-state index in [1.54, 1.807) is 12.1 Å². The van der Waals surface area contributed by atoms with E-state index in [4.69, 9.17) is 9.47 Å². The highest BCUT2D eigenvalue weighted by Crippen LogP contribution is 2.30. The summed E-state index contributed by atoms with van der Waals surface area (Å²) in [6, 6.07) is 5.98. The van der Waals surface area contributed by atoms with Crippen molar-refractivity contribution in [2.75, 3.05) is 30.1 Å². The summed E-state index contributed by atoms with van der Waals surface area (Å²) in [6.07, 6.45) is 0.869. The van der Waals surface area contributed by atoms with E-state index in [2.05, 4.69) is 5.32 Å². The Kier molecular flexibility index (Phi) is 6.45. The lowest BCUT2D eigenvalue weighted by molar-refractivity contribution is -0.116. The van der Waals surface area contributed by atoms with Gasteiger partial charge in [0.2, 0.25) is 15.9 Å². The predicted molar refractivity (Wildman–Crippen MR) is 101 cm³/mol. The van der Waals surface area contributed by atoms with Crippen LogP contribution in [0, 0.1) is 11.6 Å². The lowest BCUT2D eigenvalue weighted by Crippen LogP contribution is -2.45. The summed E-state index contributed by atoms with van der Waals surface area (Å²) in [5, 5.41) is 2.57. The summed E-state index contributed by atoms with van der Waals surface area (Å²) >= 11 is 0. The van der Waals surface area contributed by atoms with Gasteiger partial charge in [-0.15, -0.1) is 0 Å². The van der Waals surface area contributed by atoms with Gasteiger partial charge in [0.05, 0.1) is 26.2 Å². The predicted octanol–water partition coefficient (Wildman–Crippen LogP) is 2.78. The lowest BCUT2D eigenvalue weighted by Gasteiger charge is -2.28. The number of hydrogen-bond donors (Lipinski definition) is 1. The summed E-state index contributed by atoms with van der Waals surface area (Å²) in [5.41, 5.74) is 0.171. The number of nitrogens with zero attached hydrogens (tertiary/aromatic N) is 1. The molecule has 0 saturated carbocycles. The smallest absolute Gasteiger partial charge is 0.247 e. The number of rotatable bonds is 7. The number of halogens is 2. The molecule has 2 rings (SSSR count). The molecule has 0 aliphatic rings. The molecular weight excluding hydrogens is 394 g/mol. The molecule has 0 unspecified atom stereocenters. The van der Waals surface area contributed by atoms with Crippen LogP contribution < -0.4 is 19.1 Å². The first kappa shape index (κ1) is 21.4. The third-order valence-electron chi connectivity index (χ3n) is 3.90. The topological polar surface area (TPSA) is 84.9 Å². The Morgan fingerprint density at radius 1 is 1.04 bits per heavy atom. The number of nitrogens with one attached hydrogen (secondary N) is 1. The third kappa shape index (κ3) is 4.69. The summed E-state index contributed by atoms with van der Waals surface area (Å²) in [5.74, 6) is -2.21. The second-order valence-electron chi connectivity index (χ2n) is 5.89. The van der Waals surface area contributed by atoms with Crippen molar-refractivity contribution in [2.24, 2.45) is 0 Å². The maximum Gasteiger partial charge on any atom is 0.247 e. The maximum absolute atomic E-state index is 13.6. The van der Waals surface area contributed by atoms with Gasteiger partial charge in [-0.25, -0.2) is 17.2 Å². The molecule has 2 aromatic rings. The van der Waals surface area contributed by atoms with Crippen molar-refractivity contribution in [3.05, 3.63) is 48.0 Å². The van der Waals surface area contributed by atoms with Crippen LogP contribution in [-0.4, -0.2) is 40.8 Å². The molecule has 10 heteroatoms. The Balaban J connectivity index is 2.33. The van der Waals surface area contributed by atoms with Crippen LogP contribution in [0.5, 0.6) is 11.5 Å². The number of sulfonamides is 1. The van der Waals surface area contributed by atoms with E-state index >= 15 is 0 Å². The quantitative estimate of drug-likeness (QED) is 0.753. The van der Waals surface area contributed by atoms with Crippen LogP contribution in [0.2, 0.25) is 0 Å². The van der Waals surface area contributed by atoms with E-state index < -0.39 is 33.6 Å². The molecule has 2 aromatic carbocycles. The van der Waals surface area contributed by atoms with Gasteiger partial charge in [0, 0.05) is 17.8 Å². The first-order chi connectivity index (χ1) is 13.1. The van der Waals surface area contributed by atoms with Gasteiger partial charge < -0.3 is 14.8 Å². The number of anilines is 2. The minimum atomic E-state index is -3.97. The number of hydrogen-bond acceptors (Lipinski definition) is 5. The zero-order valence-electron chi connectivity index (χ0n) is 15.7. The summed E-state index contributed by atoms with van der Waals surface area (Å²) in [4.78, 5) is 12.6. The highest BCUT2D eigenvalue weighted by atomic mass is 32.2. The fourth-order valence-electron chi connectivity index (χ4n) is 2.59. The zero-order chi connectivity index (χ0) is 21.1. The molecule has 0 saturated heterocycles. The molecule has 0 aliphatic carbocycles. The minimum Gasteiger partial charge on any atom is -0.493 e. The Morgan fingerprint density at radius 2 is 1.68 bits per heavy atom. The van der Waals surface area contributed by atoms with E-state index in [1.165, 1.54) is 27.2 Å². The maximum atomic E-state index is 13.6. The molecule has 0 fully saturated rings. The monoisotopic (exact) mass is 414 g/mol. The average Bonchev–Trinajstić information content (AvgIpc) is 2.63. The molecule has 0 heterocycles. The van der Waals surface area contributed by atoms with Gasteiger partial charge in [-0.1, -0.05) is 0 Å². The molecule has 0 aliphatic heterocycles. The first-order valence-corrected chi connectivity index (χ1v) is 9.90. The van der Waals surface area contributed by atoms with Crippen molar-refractivity contribution in [3.63, 3.8) is 0 Å². The van der Waals surface area contributed by atoms with Crippen LogP contribution in [0.3, 0.4) is 0 Å². The van der Waals surface area contributed by atoms with Crippen molar-refractivity contribution >= 4 is 27.3 Å². The van der Waals surface area contributed by atoms with E-state index in [-0.39, 0.29) is 5.69 Å². The number of amides is 1. The second kappa shape index (κ2) is 8.42. The van der Waals surface area contributed by atoms with Crippen LogP contribution in [0.4, 0.5) is 20.2 Å². The molecule has 0 bridgehead atoms. The van der Waals surface area contributed by atoms with E-state index in [0.29, 0.717) is 21.5 Å². The molecule has 0 spiro atoms. The summed E-state index contributed by atoms with van der Waals surface area (Å²) in [6.45, 7) is 1.33. The first-order valence-electron chi connectivity index (χ1n) is 8.05. The molecule has 0 aromatic heterocycles. The van der Waals surface area contributed by atoms with Gasteiger partial charge in [-0.05, 0) is 31.2 Å². The fraction of sp³-hybridized carbons (Fsp3) is 0.278. The van der Waals surface area contributed by atoms with Gasteiger partial charge >= 0.3 is 0 Å². The number of carbonyl (C=O) groups excluding carboxylic acids is 1. The Labute approximate surface area is 161 Å². The summed E-state index contributed by atoms with van der Waals surface area (Å²) < 4.78 is 62.2. The van der Waals surface area contributed by atoms with E-state index in [0.717, 1.165) is 24.5 Å². The van der Waals surface area contributed by atoms with Crippen molar-refractivity contribution < 1.29 is 31.5 Å². The normalized spacial score (nSPS) is 12.2. The highest BCUT2D eigenvalue weighted by molar-refractivity contribution is 7.92. The van der Waals surface area contributed by atoms with Gasteiger partial charge in [0.15, 0.2) is 23.1 Å². The minimum absolute atomic E-state index is 0.170. The van der Waals surface area contributed by atoms with Crippen LogP contribution in [-0.2, 0) is 14.8 Å². The van der Waals surface area contributed by atoms with E-state index in [9.17, 15) is 22.0 Å². The summed E-state index contributed by atoms with van der Waals surface area (Å²) in [7, 11) is -1.08. The molecule has 0 radical (unpaired) electrons. The molecular formula is C18H20F2N2O5S. The van der Waals surface area contributed by atoms with Crippen LogP contribution in [0.15, 0.2) is 36.4 Å². The van der Waals surface area contributed by atoms with Crippen LogP contribution in [0.1, 0.15) is 6.92 Å². The Bertz CT molecular complexity index is 982. The molecule has 152 valence electrons. The van der Waals surface area contributed by atoms with Crippen molar-refractivity contribution in [1.82, 2.24) is 0 Å². The SMILES string of the molecule is COc1ccc(NC(=O)[C@H](C)N(c2ccc(F)c(F)c2)S(C)(=O)=O)cc1OC. The number of benzene rings is 2. The average molecular weight is 414 g/mol. The van der Waals surface area contributed by atoms with Gasteiger partial charge in [0.25, 0.3) is 0 Å². The largest absolute Gasteiger partial charge is 0.493 e. The van der Waals surface area contributed by atoms with E-state index in [1.807, 2.05) is 0 Å². The molecule has 1 amide bonds. The molecule has 28 heavy (non-hydrogen) atoms. The van der Waals surface area contributed by atoms with Crippen molar-refractivity contribution in [2.45, 2.75) is 13.0 Å². The second-order valence-corrected chi connectivity index (χ2v) is 7.75. The van der Waals surface area contributed by atoms with Crippen LogP contribution >= 0.6 is 0 Å². The van der Waals surface area contributed by atoms with Crippen molar-refractivity contribution in [1.29, 1.82) is 0 Å². The van der Waals surface area contributed by atoms with Gasteiger partial charge in [0.1, 0.15) is 6.04 Å². The third-order valence-corrected chi connectivity index (χ3v) is 5.14. The Morgan fingerprint density at radius 3 is 2.21 bits per heavy atom. The standard InChI is InChI=1S/C18H20F2N2O5S/c1-11(18(23)21-12-5-8-16(26-2)17(9-12)27-3)22(28(4,24)25)13-6-7-14(19)15(20)10-13/h5-11H,1-4H3,(H,21,23)/t11-/m0/s1. The molecule has 1 atom stereocenters. The van der Waals surface area contributed by atoms with Crippen molar-refractivity contribution in [3.8, 4) is 11.5 Å². The van der Waals surface area contributed by atoms with Gasteiger partial charge in [-0.2, -0.15) is 0 Å². The zero-order valence-corrected chi connectivity index (χ0v) is 16.5. The highest BCUT2D eigenvalue weighted by Gasteiger charge is 2.30. The molecule has 7 nitrogen and oxygen atoms in total. The Hall–Kier alpha value is -2.88.